The largest absolute Gasteiger partial charge is 0.344 e. The Morgan fingerprint density at radius 1 is 1.16 bits per heavy atom. The summed E-state index contributed by atoms with van der Waals surface area (Å²) in [6, 6.07) is -0.399. The first kappa shape index (κ1) is 16.0. The maximum atomic E-state index is 12.4. The summed E-state index contributed by atoms with van der Waals surface area (Å²) in [4.78, 5) is 26.1. The van der Waals surface area contributed by atoms with Crippen molar-refractivity contribution in [2.75, 3.05) is 26.2 Å². The highest BCUT2D eigenvalue weighted by Crippen LogP contribution is 2.09. The van der Waals surface area contributed by atoms with Gasteiger partial charge in [-0.25, -0.2) is 0 Å². The fraction of sp³-hybridized carbons (Fsp3) is 0.857. The van der Waals surface area contributed by atoms with Crippen molar-refractivity contribution in [2.24, 2.45) is 11.8 Å². The molecule has 0 saturated carbocycles. The molecule has 1 aliphatic heterocycles. The molecule has 1 rings (SSSR count). The average molecular weight is 269 g/mol. The second kappa shape index (κ2) is 7.48. The van der Waals surface area contributed by atoms with E-state index in [9.17, 15) is 9.59 Å². The van der Waals surface area contributed by atoms with E-state index in [4.69, 9.17) is 0 Å². The fourth-order valence-electron chi connectivity index (χ4n) is 2.20. The maximum absolute atomic E-state index is 12.4. The lowest BCUT2D eigenvalue weighted by molar-refractivity contribution is -0.138. The van der Waals surface area contributed by atoms with Crippen LogP contribution in [0, 0.1) is 11.8 Å². The van der Waals surface area contributed by atoms with Gasteiger partial charge in [0.25, 0.3) is 0 Å². The summed E-state index contributed by atoms with van der Waals surface area (Å²) in [5.74, 6) is 0.436. The number of nitrogens with one attached hydrogen (secondary N) is 2. The number of hydrogen-bond donors (Lipinski definition) is 2. The van der Waals surface area contributed by atoms with Crippen LogP contribution in [0.2, 0.25) is 0 Å². The quantitative estimate of drug-likeness (QED) is 0.768. The zero-order valence-electron chi connectivity index (χ0n) is 12.5. The van der Waals surface area contributed by atoms with Gasteiger partial charge in [-0.15, -0.1) is 0 Å². The predicted octanol–water partition coefficient (Wildman–Crippen LogP) is 0.605. The number of carbonyl (C=O) groups is 2. The number of piperazine rings is 1. The van der Waals surface area contributed by atoms with Crippen molar-refractivity contribution in [1.29, 1.82) is 0 Å². The van der Waals surface area contributed by atoms with Crippen LogP contribution in [-0.4, -0.2) is 48.9 Å². The van der Waals surface area contributed by atoms with Crippen LogP contribution in [0.4, 0.5) is 0 Å². The zero-order chi connectivity index (χ0) is 14.4. The van der Waals surface area contributed by atoms with Gasteiger partial charge in [0.15, 0.2) is 0 Å². The van der Waals surface area contributed by atoms with Gasteiger partial charge in [-0.3, -0.25) is 9.59 Å². The van der Waals surface area contributed by atoms with Gasteiger partial charge >= 0.3 is 0 Å². The lowest BCUT2D eigenvalue weighted by atomic mass is 10.0. The standard InChI is InChI=1S/C14H27N3O2/c1-10(2)9-12(18)16-13(11(3)4)14(19)17-7-5-15-6-8-17/h10-11,13,15H,5-9H2,1-4H3,(H,16,18). The van der Waals surface area contributed by atoms with Crippen molar-refractivity contribution in [3.8, 4) is 0 Å². The summed E-state index contributed by atoms with van der Waals surface area (Å²) in [7, 11) is 0. The van der Waals surface area contributed by atoms with E-state index < -0.39 is 6.04 Å². The molecule has 2 N–H and O–H groups in total. The Hall–Kier alpha value is -1.10. The summed E-state index contributed by atoms with van der Waals surface area (Å²) >= 11 is 0. The normalized spacial score (nSPS) is 17.7. The van der Waals surface area contributed by atoms with E-state index in [0.29, 0.717) is 12.3 Å². The van der Waals surface area contributed by atoms with Crippen molar-refractivity contribution in [3.63, 3.8) is 0 Å². The van der Waals surface area contributed by atoms with Gasteiger partial charge in [-0.05, 0) is 11.8 Å². The molecule has 0 aromatic carbocycles. The predicted molar refractivity (Wildman–Crippen MR) is 75.7 cm³/mol. The topological polar surface area (TPSA) is 61.4 Å². The molecule has 5 nitrogen and oxygen atoms in total. The van der Waals surface area contributed by atoms with Crippen LogP contribution in [0.15, 0.2) is 0 Å². The monoisotopic (exact) mass is 269 g/mol. The van der Waals surface area contributed by atoms with Crippen LogP contribution in [0.1, 0.15) is 34.1 Å². The van der Waals surface area contributed by atoms with Crippen LogP contribution in [0.3, 0.4) is 0 Å². The molecule has 1 saturated heterocycles. The first-order valence-corrected chi connectivity index (χ1v) is 7.20. The molecule has 5 heteroatoms. The molecular formula is C14H27N3O2. The average Bonchev–Trinajstić information content (AvgIpc) is 2.35. The third-order valence-electron chi connectivity index (χ3n) is 3.27. The van der Waals surface area contributed by atoms with Crippen molar-refractivity contribution in [3.05, 3.63) is 0 Å². The van der Waals surface area contributed by atoms with E-state index in [2.05, 4.69) is 10.6 Å². The smallest absolute Gasteiger partial charge is 0.245 e. The highest BCUT2D eigenvalue weighted by molar-refractivity contribution is 5.88. The molecule has 1 aliphatic rings. The van der Waals surface area contributed by atoms with Crippen LogP contribution >= 0.6 is 0 Å². The van der Waals surface area contributed by atoms with Gasteiger partial charge in [0, 0.05) is 32.6 Å². The molecule has 0 aliphatic carbocycles. The van der Waals surface area contributed by atoms with E-state index in [1.165, 1.54) is 0 Å². The van der Waals surface area contributed by atoms with Crippen LogP contribution < -0.4 is 10.6 Å². The van der Waals surface area contributed by atoms with Gasteiger partial charge in [0.2, 0.25) is 11.8 Å². The molecule has 1 fully saturated rings. The Morgan fingerprint density at radius 3 is 2.21 bits per heavy atom. The molecule has 0 radical (unpaired) electrons. The zero-order valence-corrected chi connectivity index (χ0v) is 12.5. The molecule has 0 aromatic rings. The van der Waals surface area contributed by atoms with Crippen LogP contribution in [-0.2, 0) is 9.59 Å². The van der Waals surface area contributed by atoms with Gasteiger partial charge in [0.1, 0.15) is 6.04 Å². The van der Waals surface area contributed by atoms with E-state index in [1.807, 2.05) is 32.6 Å². The number of nitrogens with zero attached hydrogens (tertiary/aromatic N) is 1. The Morgan fingerprint density at radius 2 is 1.74 bits per heavy atom. The first-order valence-electron chi connectivity index (χ1n) is 7.20. The summed E-state index contributed by atoms with van der Waals surface area (Å²) in [6.07, 6.45) is 0.470. The van der Waals surface area contributed by atoms with Crippen LogP contribution in [0.5, 0.6) is 0 Å². The molecule has 1 atom stereocenters. The molecule has 2 amide bonds. The minimum atomic E-state index is -0.399. The maximum Gasteiger partial charge on any atom is 0.245 e. The fourth-order valence-corrected chi connectivity index (χ4v) is 2.20. The third kappa shape index (κ3) is 5.19. The summed E-state index contributed by atoms with van der Waals surface area (Å²) in [5.41, 5.74) is 0. The molecule has 1 unspecified atom stereocenters. The van der Waals surface area contributed by atoms with Gasteiger partial charge in [-0.2, -0.15) is 0 Å². The number of carbonyl (C=O) groups excluding carboxylic acids is 2. The minimum absolute atomic E-state index is 0.0304. The number of hydrogen-bond acceptors (Lipinski definition) is 3. The van der Waals surface area contributed by atoms with E-state index >= 15 is 0 Å². The molecular weight excluding hydrogens is 242 g/mol. The van der Waals surface area contributed by atoms with Crippen LogP contribution in [0.25, 0.3) is 0 Å². The van der Waals surface area contributed by atoms with E-state index in [-0.39, 0.29) is 17.7 Å². The minimum Gasteiger partial charge on any atom is -0.344 e. The van der Waals surface area contributed by atoms with Crippen molar-refractivity contribution in [2.45, 2.75) is 40.2 Å². The Balaban J connectivity index is 2.60. The second-order valence-electron chi connectivity index (χ2n) is 5.96. The van der Waals surface area contributed by atoms with E-state index in [1.54, 1.807) is 0 Å². The van der Waals surface area contributed by atoms with Gasteiger partial charge < -0.3 is 15.5 Å². The molecule has 110 valence electrons. The first-order chi connectivity index (χ1) is 8.91. The molecule has 19 heavy (non-hydrogen) atoms. The second-order valence-corrected chi connectivity index (χ2v) is 5.96. The highest BCUT2D eigenvalue weighted by atomic mass is 16.2. The van der Waals surface area contributed by atoms with Gasteiger partial charge in [0.05, 0.1) is 0 Å². The number of amides is 2. The lowest BCUT2D eigenvalue weighted by Crippen LogP contribution is -2.55. The Kier molecular flexibility index (Phi) is 6.28. The van der Waals surface area contributed by atoms with Crippen molar-refractivity contribution >= 4 is 11.8 Å². The SMILES string of the molecule is CC(C)CC(=O)NC(C(=O)N1CCNCC1)C(C)C. The highest BCUT2D eigenvalue weighted by Gasteiger charge is 2.29. The summed E-state index contributed by atoms with van der Waals surface area (Å²) < 4.78 is 0. The summed E-state index contributed by atoms with van der Waals surface area (Å²) in [6.45, 7) is 11.1. The molecule has 1 heterocycles. The van der Waals surface area contributed by atoms with Gasteiger partial charge in [-0.1, -0.05) is 27.7 Å². The molecule has 0 spiro atoms. The third-order valence-corrected chi connectivity index (χ3v) is 3.27. The Labute approximate surface area is 116 Å². The molecule has 0 aromatic heterocycles. The Bertz CT molecular complexity index is 310. The van der Waals surface area contributed by atoms with Crippen molar-refractivity contribution in [1.82, 2.24) is 15.5 Å². The number of rotatable bonds is 5. The lowest BCUT2D eigenvalue weighted by Gasteiger charge is -2.32. The summed E-state index contributed by atoms with van der Waals surface area (Å²) in [5, 5.41) is 6.12. The van der Waals surface area contributed by atoms with Crippen molar-refractivity contribution < 1.29 is 9.59 Å². The molecule has 0 bridgehead atoms. The van der Waals surface area contributed by atoms with E-state index in [0.717, 1.165) is 26.2 Å².